The van der Waals surface area contributed by atoms with E-state index < -0.39 is 5.54 Å². The lowest BCUT2D eigenvalue weighted by Crippen LogP contribution is -2.64. The Morgan fingerprint density at radius 2 is 2.05 bits per heavy atom. The number of amides is 1. The molecular weight excluding hydrogens is 272 g/mol. The first-order valence-corrected chi connectivity index (χ1v) is 7.72. The summed E-state index contributed by atoms with van der Waals surface area (Å²) in [6.07, 6.45) is 4.22. The molecule has 1 amide bonds. The lowest BCUT2D eigenvalue weighted by Gasteiger charge is -2.51. The molecule has 0 saturated carbocycles. The Kier molecular flexibility index (Phi) is 2.68. The lowest BCUT2D eigenvalue weighted by atomic mass is 9.71. The van der Waals surface area contributed by atoms with Gasteiger partial charge in [0.25, 0.3) is 5.91 Å². The van der Waals surface area contributed by atoms with Gasteiger partial charge in [0.05, 0.1) is 6.04 Å². The molecule has 2 fully saturated rings. The Bertz CT molecular complexity index is 585. The minimum absolute atomic E-state index is 0.0391. The molecule has 104 valence electrons. The normalized spacial score (nSPS) is 35.8. The van der Waals surface area contributed by atoms with Gasteiger partial charge in [-0.15, -0.1) is 0 Å². The second-order valence-corrected chi connectivity index (χ2v) is 6.45. The van der Waals surface area contributed by atoms with Gasteiger partial charge in [-0.2, -0.15) is 0 Å². The largest absolute Gasteiger partial charge is 0.330 e. The standard InChI is InChI=1S/C16H17ClN2O/c17-14-13-11-6-4-5-9-19(13)15(20)16(10-11,18-14)12-7-2-1-3-8-12/h1-3,7-8,11,13H,4-6,9-10H2. The van der Waals surface area contributed by atoms with E-state index in [0.717, 1.165) is 31.4 Å². The van der Waals surface area contributed by atoms with Crippen LogP contribution in [0.15, 0.2) is 35.3 Å². The Morgan fingerprint density at radius 3 is 2.85 bits per heavy atom. The third-order valence-corrected chi connectivity index (χ3v) is 5.28. The molecule has 3 atom stereocenters. The summed E-state index contributed by atoms with van der Waals surface area (Å²) >= 11 is 6.45. The van der Waals surface area contributed by atoms with Gasteiger partial charge in [-0.3, -0.25) is 9.79 Å². The van der Waals surface area contributed by atoms with Crippen molar-refractivity contribution in [3.63, 3.8) is 0 Å². The summed E-state index contributed by atoms with van der Waals surface area (Å²) in [5.41, 5.74) is 0.223. The first-order valence-electron chi connectivity index (χ1n) is 7.34. The maximum Gasteiger partial charge on any atom is 0.255 e. The fourth-order valence-corrected chi connectivity index (χ4v) is 4.51. The molecule has 3 unspecified atom stereocenters. The predicted octanol–water partition coefficient (Wildman–Crippen LogP) is 2.93. The Labute approximate surface area is 123 Å². The summed E-state index contributed by atoms with van der Waals surface area (Å²) < 4.78 is 0. The quantitative estimate of drug-likeness (QED) is 0.782. The average molecular weight is 289 g/mol. The van der Waals surface area contributed by atoms with Crippen molar-refractivity contribution in [2.45, 2.75) is 37.3 Å². The second kappa shape index (κ2) is 4.32. The molecule has 4 heteroatoms. The molecule has 0 aliphatic carbocycles. The highest BCUT2D eigenvalue weighted by Gasteiger charge is 2.58. The van der Waals surface area contributed by atoms with Gasteiger partial charge in [0.15, 0.2) is 5.54 Å². The molecule has 20 heavy (non-hydrogen) atoms. The molecule has 0 spiro atoms. The molecule has 4 aliphatic rings. The highest BCUT2D eigenvalue weighted by atomic mass is 35.5. The lowest BCUT2D eigenvalue weighted by molar-refractivity contribution is -0.145. The average Bonchev–Trinajstić information content (AvgIpc) is 2.66. The number of halogens is 1. The number of nitrogens with zero attached hydrogens (tertiary/aromatic N) is 2. The van der Waals surface area contributed by atoms with Gasteiger partial charge in [0.1, 0.15) is 5.17 Å². The molecule has 4 aliphatic heterocycles. The van der Waals surface area contributed by atoms with Crippen LogP contribution >= 0.6 is 11.6 Å². The highest BCUT2D eigenvalue weighted by Crippen LogP contribution is 2.49. The van der Waals surface area contributed by atoms with E-state index in [-0.39, 0.29) is 11.9 Å². The number of aliphatic imine (C=N–C) groups is 1. The summed E-state index contributed by atoms with van der Waals surface area (Å²) in [5.74, 6) is 0.608. The number of hydrogen-bond donors (Lipinski definition) is 0. The van der Waals surface area contributed by atoms with Crippen molar-refractivity contribution in [1.29, 1.82) is 0 Å². The van der Waals surface area contributed by atoms with Crippen molar-refractivity contribution in [3.05, 3.63) is 35.9 Å². The van der Waals surface area contributed by atoms with E-state index in [1.165, 1.54) is 6.42 Å². The topological polar surface area (TPSA) is 32.7 Å². The predicted molar refractivity (Wildman–Crippen MR) is 78.9 cm³/mol. The number of benzene rings is 1. The maximum absolute atomic E-state index is 13.0. The third kappa shape index (κ3) is 1.53. The van der Waals surface area contributed by atoms with Gasteiger partial charge < -0.3 is 4.90 Å². The van der Waals surface area contributed by atoms with Crippen LogP contribution in [0.1, 0.15) is 31.2 Å². The van der Waals surface area contributed by atoms with Gasteiger partial charge >= 0.3 is 0 Å². The van der Waals surface area contributed by atoms with Gasteiger partial charge in [-0.05, 0) is 30.7 Å². The van der Waals surface area contributed by atoms with Crippen LogP contribution in [0.4, 0.5) is 0 Å². The van der Waals surface area contributed by atoms with Crippen LogP contribution < -0.4 is 0 Å². The van der Waals surface area contributed by atoms with Crippen molar-refractivity contribution in [2.75, 3.05) is 6.54 Å². The van der Waals surface area contributed by atoms with E-state index in [0.29, 0.717) is 11.1 Å². The smallest absolute Gasteiger partial charge is 0.255 e. The van der Waals surface area contributed by atoms with Crippen LogP contribution in [0.2, 0.25) is 0 Å². The molecule has 4 bridgehead atoms. The molecule has 4 heterocycles. The van der Waals surface area contributed by atoms with E-state index in [4.69, 9.17) is 11.6 Å². The van der Waals surface area contributed by atoms with Crippen molar-refractivity contribution in [3.8, 4) is 0 Å². The molecule has 0 aromatic heterocycles. The molecule has 1 aromatic rings. The Hall–Kier alpha value is -1.35. The first kappa shape index (κ1) is 12.4. The SMILES string of the molecule is O=C1N2CCCCC3CC1(c1ccccc1)N=C(Cl)C32. The molecule has 0 N–H and O–H groups in total. The number of hydrogen-bond acceptors (Lipinski definition) is 2. The van der Waals surface area contributed by atoms with E-state index in [1.54, 1.807) is 0 Å². The van der Waals surface area contributed by atoms with Gasteiger partial charge in [0, 0.05) is 6.54 Å². The van der Waals surface area contributed by atoms with E-state index in [9.17, 15) is 4.79 Å². The summed E-state index contributed by atoms with van der Waals surface area (Å²) in [4.78, 5) is 19.6. The van der Waals surface area contributed by atoms with Crippen LogP contribution in [0.25, 0.3) is 0 Å². The summed E-state index contributed by atoms with van der Waals surface area (Å²) in [6.45, 7) is 0.820. The van der Waals surface area contributed by atoms with Crippen molar-refractivity contribution >= 4 is 22.7 Å². The molecule has 1 aromatic carbocycles. The minimum Gasteiger partial charge on any atom is -0.330 e. The van der Waals surface area contributed by atoms with Crippen LogP contribution in [0.3, 0.4) is 0 Å². The van der Waals surface area contributed by atoms with Crippen LogP contribution in [0.5, 0.6) is 0 Å². The third-order valence-electron chi connectivity index (χ3n) is 4.97. The maximum atomic E-state index is 13.0. The van der Waals surface area contributed by atoms with Crippen molar-refractivity contribution in [1.82, 2.24) is 4.90 Å². The van der Waals surface area contributed by atoms with Gasteiger partial charge in [0.2, 0.25) is 0 Å². The van der Waals surface area contributed by atoms with Gasteiger partial charge in [-0.25, -0.2) is 0 Å². The van der Waals surface area contributed by atoms with Crippen molar-refractivity contribution < 1.29 is 4.79 Å². The fourth-order valence-electron chi connectivity index (χ4n) is 4.07. The highest BCUT2D eigenvalue weighted by molar-refractivity contribution is 6.67. The Morgan fingerprint density at radius 1 is 1.25 bits per heavy atom. The first-order chi connectivity index (χ1) is 9.72. The van der Waals surface area contributed by atoms with E-state index in [1.807, 2.05) is 35.2 Å². The van der Waals surface area contributed by atoms with Crippen LogP contribution in [-0.4, -0.2) is 28.6 Å². The minimum atomic E-state index is -0.762. The van der Waals surface area contributed by atoms with Crippen molar-refractivity contribution in [2.24, 2.45) is 10.9 Å². The van der Waals surface area contributed by atoms with Crippen LogP contribution in [0, 0.1) is 5.92 Å². The van der Waals surface area contributed by atoms with E-state index in [2.05, 4.69) is 4.99 Å². The zero-order valence-electron chi connectivity index (χ0n) is 11.3. The Balaban J connectivity index is 1.91. The number of carbonyl (C=O) groups excluding carboxylic acids is 1. The summed E-state index contributed by atoms with van der Waals surface area (Å²) in [6, 6.07) is 9.96. The summed E-state index contributed by atoms with van der Waals surface area (Å²) in [5, 5.41) is 0.631. The monoisotopic (exact) mass is 288 g/mol. The summed E-state index contributed by atoms with van der Waals surface area (Å²) in [7, 11) is 0. The molecule has 5 rings (SSSR count). The number of carbonyl (C=O) groups is 1. The zero-order valence-corrected chi connectivity index (χ0v) is 12.0. The number of piperidine rings is 1. The van der Waals surface area contributed by atoms with Gasteiger partial charge in [-0.1, -0.05) is 48.4 Å². The number of rotatable bonds is 1. The molecule has 3 nitrogen and oxygen atoms in total. The molecule has 0 radical (unpaired) electrons. The van der Waals surface area contributed by atoms with Crippen LogP contribution in [-0.2, 0) is 10.3 Å². The second-order valence-electron chi connectivity index (χ2n) is 6.06. The molecular formula is C16H17ClN2O. The van der Waals surface area contributed by atoms with E-state index >= 15 is 0 Å². The fraction of sp³-hybridized carbons (Fsp3) is 0.500. The molecule has 2 saturated heterocycles. The zero-order chi connectivity index (χ0) is 13.7.